The number of carbonyl (C=O) groups excluding carboxylic acids is 2. The van der Waals surface area contributed by atoms with Crippen LogP contribution in [0.4, 0.5) is 13.2 Å². The molecule has 202 valence electrons. The van der Waals surface area contributed by atoms with Crippen molar-refractivity contribution in [2.75, 3.05) is 20.2 Å². The van der Waals surface area contributed by atoms with Crippen LogP contribution in [0.25, 0.3) is 22.4 Å². The van der Waals surface area contributed by atoms with Crippen molar-refractivity contribution in [1.29, 1.82) is 0 Å². The number of amides is 2. The molecule has 0 aliphatic carbocycles. The summed E-state index contributed by atoms with van der Waals surface area (Å²) in [7, 11) is 1.33. The van der Waals surface area contributed by atoms with Crippen molar-refractivity contribution in [2.24, 2.45) is 5.73 Å². The summed E-state index contributed by atoms with van der Waals surface area (Å²) in [5.41, 5.74) is 5.32. The number of likely N-dealkylation sites (tertiary alicyclic amines) is 1. The molecular weight excluding hydrogens is 517 g/mol. The molecule has 0 saturated carbocycles. The summed E-state index contributed by atoms with van der Waals surface area (Å²) in [5.74, 6) is -0.505. The maximum atomic E-state index is 13.4. The molecule has 10 nitrogen and oxygen atoms in total. The van der Waals surface area contributed by atoms with Crippen molar-refractivity contribution < 1.29 is 31.9 Å². The molecule has 1 fully saturated rings. The van der Waals surface area contributed by atoms with Crippen LogP contribution in [0, 0.1) is 0 Å². The molecule has 3 N–H and O–H groups in total. The van der Waals surface area contributed by atoms with Gasteiger partial charge in [-0.3, -0.25) is 14.6 Å². The number of fused-ring (bicyclic) bond motifs is 1. The standard InChI is InChI=1S/C26H23F3N6O4/c1-38-18-7-5-16(15-6-8-20(26(27,28)29)33-21(15)18)24-34-22(19(12-30)39-24)25(37)35-11-9-14(13-35)32-23(36)17-4-2-3-10-31-17/h2-8,10,14H,9,11-13,30H2,1H3,(H,32,36). The van der Waals surface area contributed by atoms with Crippen molar-refractivity contribution in [3.63, 3.8) is 0 Å². The molecule has 1 aromatic carbocycles. The van der Waals surface area contributed by atoms with E-state index in [0.717, 1.165) is 6.07 Å². The summed E-state index contributed by atoms with van der Waals surface area (Å²) < 4.78 is 50.9. The number of hydrogen-bond acceptors (Lipinski definition) is 8. The van der Waals surface area contributed by atoms with Crippen molar-refractivity contribution >= 4 is 22.7 Å². The first-order chi connectivity index (χ1) is 18.7. The van der Waals surface area contributed by atoms with Gasteiger partial charge in [0.05, 0.1) is 13.7 Å². The van der Waals surface area contributed by atoms with Crippen LogP contribution in [0.1, 0.15) is 38.9 Å². The van der Waals surface area contributed by atoms with Crippen LogP contribution in [-0.2, 0) is 12.7 Å². The average molecular weight is 541 g/mol. The normalized spacial score (nSPS) is 15.5. The minimum Gasteiger partial charge on any atom is -0.494 e. The maximum Gasteiger partial charge on any atom is 0.433 e. The third-order valence-corrected chi connectivity index (χ3v) is 6.35. The fourth-order valence-corrected chi connectivity index (χ4v) is 4.44. The molecule has 0 bridgehead atoms. The number of hydrogen-bond donors (Lipinski definition) is 2. The molecule has 0 radical (unpaired) electrons. The van der Waals surface area contributed by atoms with Crippen molar-refractivity contribution in [2.45, 2.75) is 25.2 Å². The number of rotatable bonds is 6. The zero-order valence-corrected chi connectivity index (χ0v) is 20.7. The van der Waals surface area contributed by atoms with Crippen LogP contribution in [0.5, 0.6) is 5.75 Å². The lowest BCUT2D eigenvalue weighted by molar-refractivity contribution is -0.140. The van der Waals surface area contributed by atoms with Gasteiger partial charge in [0, 0.05) is 36.3 Å². The minimum absolute atomic E-state index is 0.00644. The number of alkyl halides is 3. The number of aromatic nitrogens is 3. The molecule has 1 saturated heterocycles. The molecule has 4 heterocycles. The van der Waals surface area contributed by atoms with Crippen molar-refractivity contribution in [3.05, 3.63) is 71.5 Å². The Balaban J connectivity index is 1.41. The Hall–Kier alpha value is -4.52. The van der Waals surface area contributed by atoms with E-state index in [9.17, 15) is 22.8 Å². The second kappa shape index (κ2) is 10.3. The highest BCUT2D eigenvalue weighted by atomic mass is 19.4. The zero-order valence-electron chi connectivity index (χ0n) is 20.7. The second-order valence-electron chi connectivity index (χ2n) is 8.83. The molecule has 1 aliphatic heterocycles. The molecule has 1 atom stereocenters. The lowest BCUT2D eigenvalue weighted by Crippen LogP contribution is -2.39. The number of carbonyl (C=O) groups is 2. The molecule has 13 heteroatoms. The predicted molar refractivity (Wildman–Crippen MR) is 133 cm³/mol. The minimum atomic E-state index is -4.64. The van der Waals surface area contributed by atoms with E-state index in [1.165, 1.54) is 30.3 Å². The van der Waals surface area contributed by atoms with E-state index >= 15 is 0 Å². The lowest BCUT2D eigenvalue weighted by Gasteiger charge is -2.16. The molecule has 1 aliphatic rings. The molecule has 5 rings (SSSR count). The largest absolute Gasteiger partial charge is 0.494 e. The van der Waals surface area contributed by atoms with Crippen LogP contribution in [-0.4, -0.2) is 57.9 Å². The Kier molecular flexibility index (Phi) is 6.91. The van der Waals surface area contributed by atoms with Gasteiger partial charge in [0.1, 0.15) is 22.7 Å². The summed E-state index contributed by atoms with van der Waals surface area (Å²) in [6.07, 6.45) is -2.59. The van der Waals surface area contributed by atoms with E-state index in [1.807, 2.05) is 0 Å². The Morgan fingerprint density at radius 1 is 1.18 bits per heavy atom. The fraction of sp³-hybridized carbons (Fsp3) is 0.269. The van der Waals surface area contributed by atoms with Crippen LogP contribution in [0.2, 0.25) is 0 Å². The zero-order chi connectivity index (χ0) is 27.7. The molecule has 0 spiro atoms. The molecule has 39 heavy (non-hydrogen) atoms. The number of nitrogens with zero attached hydrogens (tertiary/aromatic N) is 4. The van der Waals surface area contributed by atoms with Gasteiger partial charge in [0.15, 0.2) is 11.5 Å². The Morgan fingerprint density at radius 2 is 2.00 bits per heavy atom. The number of pyridine rings is 2. The first-order valence-electron chi connectivity index (χ1n) is 12.0. The third kappa shape index (κ3) is 5.12. The summed E-state index contributed by atoms with van der Waals surface area (Å²) in [4.78, 5) is 39.5. The average Bonchev–Trinajstić information content (AvgIpc) is 3.59. The Morgan fingerprint density at radius 3 is 2.69 bits per heavy atom. The highest BCUT2D eigenvalue weighted by Crippen LogP contribution is 2.37. The smallest absolute Gasteiger partial charge is 0.433 e. The molecule has 2 amide bonds. The van der Waals surface area contributed by atoms with Crippen molar-refractivity contribution in [3.8, 4) is 17.2 Å². The number of ether oxygens (including phenoxy) is 1. The molecule has 1 unspecified atom stereocenters. The quantitative estimate of drug-likeness (QED) is 0.380. The summed E-state index contributed by atoms with van der Waals surface area (Å²) >= 11 is 0. The van der Waals surface area contributed by atoms with Gasteiger partial charge in [-0.1, -0.05) is 6.07 Å². The van der Waals surface area contributed by atoms with E-state index in [4.69, 9.17) is 14.9 Å². The summed E-state index contributed by atoms with van der Waals surface area (Å²) in [6.45, 7) is 0.485. The number of oxazole rings is 1. The lowest BCUT2D eigenvalue weighted by atomic mass is 10.1. The number of benzene rings is 1. The van der Waals surface area contributed by atoms with E-state index in [0.29, 0.717) is 23.9 Å². The van der Waals surface area contributed by atoms with Gasteiger partial charge < -0.3 is 25.1 Å². The van der Waals surface area contributed by atoms with Crippen LogP contribution in [0.3, 0.4) is 0 Å². The predicted octanol–water partition coefficient (Wildman–Crippen LogP) is 3.42. The van der Waals surface area contributed by atoms with E-state index in [2.05, 4.69) is 20.3 Å². The highest BCUT2D eigenvalue weighted by molar-refractivity contribution is 5.98. The van der Waals surface area contributed by atoms with Gasteiger partial charge in [-0.05, 0) is 42.8 Å². The van der Waals surface area contributed by atoms with E-state index in [1.54, 1.807) is 24.3 Å². The first-order valence-corrected chi connectivity index (χ1v) is 12.0. The number of halogens is 3. The summed E-state index contributed by atoms with van der Waals surface area (Å²) in [5, 5.41) is 3.17. The first kappa shape index (κ1) is 26.1. The highest BCUT2D eigenvalue weighted by Gasteiger charge is 2.34. The maximum absolute atomic E-state index is 13.4. The second-order valence-corrected chi connectivity index (χ2v) is 8.83. The number of nitrogens with two attached hydrogens (primary N) is 1. The molecule has 3 aromatic heterocycles. The van der Waals surface area contributed by atoms with Crippen LogP contribution < -0.4 is 15.8 Å². The Labute approximate surface area is 220 Å². The van der Waals surface area contributed by atoms with Gasteiger partial charge in [-0.25, -0.2) is 9.97 Å². The van der Waals surface area contributed by atoms with Gasteiger partial charge in [-0.15, -0.1) is 0 Å². The van der Waals surface area contributed by atoms with E-state index < -0.39 is 17.8 Å². The molecule has 4 aromatic rings. The SMILES string of the molecule is COc1ccc(-c2nc(C(=O)N3CCC(NC(=O)c4ccccn4)C3)c(CN)o2)c2ccc(C(F)(F)F)nc12. The Bertz CT molecular complexity index is 1540. The van der Waals surface area contributed by atoms with Gasteiger partial charge >= 0.3 is 6.18 Å². The van der Waals surface area contributed by atoms with Crippen molar-refractivity contribution in [1.82, 2.24) is 25.2 Å². The summed E-state index contributed by atoms with van der Waals surface area (Å²) in [6, 6.07) is 9.86. The van der Waals surface area contributed by atoms with Gasteiger partial charge in [0.25, 0.3) is 11.8 Å². The molecular formula is C26H23F3N6O4. The fourth-order valence-electron chi connectivity index (χ4n) is 4.44. The van der Waals surface area contributed by atoms with E-state index in [-0.39, 0.29) is 59.3 Å². The van der Waals surface area contributed by atoms with Gasteiger partial charge in [-0.2, -0.15) is 13.2 Å². The number of methoxy groups -OCH3 is 1. The van der Waals surface area contributed by atoms with Crippen LogP contribution in [0.15, 0.2) is 53.1 Å². The third-order valence-electron chi connectivity index (χ3n) is 6.35. The monoisotopic (exact) mass is 540 g/mol. The number of nitrogens with one attached hydrogen (secondary N) is 1. The van der Waals surface area contributed by atoms with Crippen LogP contribution >= 0.6 is 0 Å². The topological polar surface area (TPSA) is 136 Å². The van der Waals surface area contributed by atoms with Gasteiger partial charge in [0.2, 0.25) is 5.89 Å².